The molecule has 0 aliphatic heterocycles. The second-order valence-electron chi connectivity index (χ2n) is 5.97. The molecule has 148 valence electrons. The number of ether oxygens (including phenoxy) is 2. The molecule has 0 spiro atoms. The number of aliphatic carboxylic acids is 1. The van der Waals surface area contributed by atoms with Gasteiger partial charge in [0.2, 0.25) is 0 Å². The summed E-state index contributed by atoms with van der Waals surface area (Å²) in [5.74, 6) is -1.57. The largest absolute Gasteiger partial charge is 0.480 e. The minimum absolute atomic E-state index is 0.172. The quantitative estimate of drug-likeness (QED) is 0.751. The fourth-order valence-electron chi connectivity index (χ4n) is 2.41. The Morgan fingerprint density at radius 1 is 0.857 bits per heavy atom. The van der Waals surface area contributed by atoms with Crippen molar-refractivity contribution in [3.8, 4) is 0 Å². The summed E-state index contributed by atoms with van der Waals surface area (Å²) in [6.45, 7) is 0.809. The van der Waals surface area contributed by atoms with Crippen LogP contribution in [0, 0.1) is 0 Å². The van der Waals surface area contributed by atoms with E-state index in [2.05, 4.69) is 0 Å². The number of hydrogen-bond donors (Lipinski definition) is 2. The predicted octanol–water partition coefficient (Wildman–Crippen LogP) is 2.80. The van der Waals surface area contributed by atoms with Crippen LogP contribution >= 0.6 is 0 Å². The summed E-state index contributed by atoms with van der Waals surface area (Å²) < 4.78 is 10.1. The molecule has 2 rings (SSSR count). The van der Waals surface area contributed by atoms with E-state index in [1.165, 1.54) is 0 Å². The maximum Gasteiger partial charge on any atom is 0.420 e. The van der Waals surface area contributed by atoms with Crippen LogP contribution in [0.15, 0.2) is 60.7 Å². The summed E-state index contributed by atoms with van der Waals surface area (Å²) in [4.78, 5) is 36.7. The van der Waals surface area contributed by atoms with Crippen molar-refractivity contribution in [2.45, 2.75) is 32.3 Å². The average Bonchev–Trinajstić information content (AvgIpc) is 2.69. The van der Waals surface area contributed by atoms with Gasteiger partial charge in [-0.05, 0) is 18.1 Å². The molecule has 2 atom stereocenters. The van der Waals surface area contributed by atoms with Gasteiger partial charge in [0, 0.05) is 0 Å². The van der Waals surface area contributed by atoms with Crippen molar-refractivity contribution < 1.29 is 34.1 Å². The zero-order valence-electron chi connectivity index (χ0n) is 15.2. The van der Waals surface area contributed by atoms with Gasteiger partial charge in [0.1, 0.15) is 13.2 Å². The van der Waals surface area contributed by atoms with E-state index in [-0.39, 0.29) is 18.1 Å². The molecular formula is C20H21NO7. The van der Waals surface area contributed by atoms with Crippen LogP contribution in [0.1, 0.15) is 18.1 Å². The van der Waals surface area contributed by atoms with E-state index in [9.17, 15) is 24.6 Å². The first kappa shape index (κ1) is 20.9. The third-order valence-electron chi connectivity index (χ3n) is 3.79. The zero-order valence-corrected chi connectivity index (χ0v) is 15.2. The number of aliphatic hydroxyl groups excluding tert-OH is 1. The topological polar surface area (TPSA) is 113 Å². The maximum absolute atomic E-state index is 12.4. The Balaban J connectivity index is 2.14. The van der Waals surface area contributed by atoms with Gasteiger partial charge in [-0.25, -0.2) is 14.4 Å². The van der Waals surface area contributed by atoms with E-state index in [0.717, 1.165) is 6.92 Å². The lowest BCUT2D eigenvalue weighted by molar-refractivity contribution is -0.146. The van der Waals surface area contributed by atoms with Crippen LogP contribution in [-0.2, 0) is 27.5 Å². The first-order valence-electron chi connectivity index (χ1n) is 8.51. The lowest BCUT2D eigenvalue weighted by atomic mass is 10.1. The second kappa shape index (κ2) is 10.1. The van der Waals surface area contributed by atoms with Crippen molar-refractivity contribution in [3.05, 3.63) is 71.8 Å². The molecule has 0 saturated heterocycles. The molecule has 0 fully saturated rings. The highest BCUT2D eigenvalue weighted by Crippen LogP contribution is 2.13. The Hall–Kier alpha value is -3.39. The average molecular weight is 387 g/mol. The Labute approximate surface area is 161 Å². The van der Waals surface area contributed by atoms with Gasteiger partial charge in [0.15, 0.2) is 6.04 Å². The number of carbonyl (C=O) groups excluding carboxylic acids is 2. The molecule has 0 bridgehead atoms. The van der Waals surface area contributed by atoms with Gasteiger partial charge in [-0.15, -0.1) is 0 Å². The summed E-state index contributed by atoms with van der Waals surface area (Å²) >= 11 is 0. The number of nitrogens with zero attached hydrogens (tertiary/aromatic N) is 1. The molecule has 8 nitrogen and oxygen atoms in total. The van der Waals surface area contributed by atoms with Crippen LogP contribution in [0.2, 0.25) is 0 Å². The first-order chi connectivity index (χ1) is 13.4. The highest BCUT2D eigenvalue weighted by molar-refractivity contribution is 5.93. The Morgan fingerprint density at radius 3 is 1.57 bits per heavy atom. The monoisotopic (exact) mass is 387 g/mol. The number of aliphatic hydroxyl groups is 1. The third kappa shape index (κ3) is 5.82. The van der Waals surface area contributed by atoms with Gasteiger partial charge in [0.25, 0.3) is 0 Å². The van der Waals surface area contributed by atoms with E-state index in [0.29, 0.717) is 11.1 Å². The molecule has 0 aliphatic rings. The number of rotatable bonds is 7. The second-order valence-corrected chi connectivity index (χ2v) is 5.97. The third-order valence-corrected chi connectivity index (χ3v) is 3.79. The van der Waals surface area contributed by atoms with Gasteiger partial charge in [0.05, 0.1) is 6.10 Å². The van der Waals surface area contributed by atoms with Crippen molar-refractivity contribution in [2.24, 2.45) is 0 Å². The normalized spacial score (nSPS) is 12.5. The molecule has 2 N–H and O–H groups in total. The van der Waals surface area contributed by atoms with Crippen molar-refractivity contribution in [1.82, 2.24) is 4.90 Å². The number of hydrogen-bond acceptors (Lipinski definition) is 6. The zero-order chi connectivity index (χ0) is 20.5. The van der Waals surface area contributed by atoms with Crippen LogP contribution in [0.5, 0.6) is 0 Å². The molecule has 0 radical (unpaired) electrons. The Kier molecular flexibility index (Phi) is 7.53. The highest BCUT2D eigenvalue weighted by Gasteiger charge is 2.40. The van der Waals surface area contributed by atoms with Gasteiger partial charge < -0.3 is 19.7 Å². The number of imide groups is 1. The van der Waals surface area contributed by atoms with Crippen molar-refractivity contribution in [2.75, 3.05) is 0 Å². The number of benzene rings is 2. The molecule has 28 heavy (non-hydrogen) atoms. The molecule has 0 aliphatic carbocycles. The molecule has 0 aromatic heterocycles. The van der Waals surface area contributed by atoms with Crippen molar-refractivity contribution >= 4 is 18.2 Å². The van der Waals surface area contributed by atoms with Gasteiger partial charge in [-0.2, -0.15) is 4.90 Å². The van der Waals surface area contributed by atoms with Gasteiger partial charge in [-0.1, -0.05) is 60.7 Å². The smallest absolute Gasteiger partial charge is 0.420 e. The minimum Gasteiger partial charge on any atom is -0.480 e. The Morgan fingerprint density at radius 2 is 1.25 bits per heavy atom. The summed E-state index contributed by atoms with van der Waals surface area (Å²) in [7, 11) is 0. The molecule has 2 aromatic carbocycles. The van der Waals surface area contributed by atoms with E-state index < -0.39 is 30.3 Å². The molecule has 0 saturated carbocycles. The lowest BCUT2D eigenvalue weighted by Crippen LogP contribution is -2.53. The highest BCUT2D eigenvalue weighted by atomic mass is 16.6. The number of carboxylic acid groups (broad SMARTS) is 1. The van der Waals surface area contributed by atoms with Gasteiger partial charge >= 0.3 is 18.2 Å². The van der Waals surface area contributed by atoms with Crippen LogP contribution in [0.3, 0.4) is 0 Å². The SMILES string of the molecule is C[C@@H](O)[C@@H](C(=O)O)N(C(=O)OCc1ccccc1)C(=O)OCc1ccccc1. The van der Waals surface area contributed by atoms with E-state index >= 15 is 0 Å². The van der Waals surface area contributed by atoms with Crippen LogP contribution < -0.4 is 0 Å². The van der Waals surface area contributed by atoms with Gasteiger partial charge in [-0.3, -0.25) is 0 Å². The molecule has 2 amide bonds. The van der Waals surface area contributed by atoms with Crippen LogP contribution in [0.4, 0.5) is 9.59 Å². The van der Waals surface area contributed by atoms with E-state index in [4.69, 9.17) is 9.47 Å². The lowest BCUT2D eigenvalue weighted by Gasteiger charge is -2.27. The van der Waals surface area contributed by atoms with Crippen molar-refractivity contribution in [1.29, 1.82) is 0 Å². The Bertz CT molecular complexity index is 737. The van der Waals surface area contributed by atoms with Crippen molar-refractivity contribution in [3.63, 3.8) is 0 Å². The minimum atomic E-state index is -1.86. The van der Waals surface area contributed by atoms with E-state index in [1.54, 1.807) is 60.7 Å². The predicted molar refractivity (Wildman–Crippen MR) is 98.2 cm³/mol. The van der Waals surface area contributed by atoms with Crippen LogP contribution in [0.25, 0.3) is 0 Å². The molecule has 0 unspecified atom stereocenters. The standard InChI is InChI=1S/C20H21NO7/c1-14(22)17(18(23)24)21(19(25)27-12-15-8-4-2-5-9-15)20(26)28-13-16-10-6-3-7-11-16/h2-11,14,17,22H,12-13H2,1H3,(H,23,24)/t14-,17+/m1/s1. The fraction of sp³-hybridized carbons (Fsp3) is 0.250. The summed E-state index contributed by atoms with van der Waals surface area (Å²) in [6.07, 6.45) is -3.99. The molecule has 0 heterocycles. The molecular weight excluding hydrogens is 366 g/mol. The summed E-state index contributed by atoms with van der Waals surface area (Å²) in [5.41, 5.74) is 1.30. The fourth-order valence-corrected chi connectivity index (χ4v) is 2.41. The summed E-state index contributed by atoms with van der Waals surface area (Å²) in [6, 6.07) is 15.5. The first-order valence-corrected chi connectivity index (χ1v) is 8.51. The van der Waals surface area contributed by atoms with Crippen LogP contribution in [-0.4, -0.2) is 45.4 Å². The number of carbonyl (C=O) groups is 3. The molecule has 2 aromatic rings. The number of carboxylic acids is 1. The molecule has 8 heteroatoms. The summed E-state index contributed by atoms with van der Waals surface area (Å²) in [5, 5.41) is 19.1. The maximum atomic E-state index is 12.4. The number of amides is 2. The van der Waals surface area contributed by atoms with E-state index in [1.807, 2.05) is 0 Å².